The fraction of sp³-hybridized carbons (Fsp3) is 0.304. The molecule has 0 bridgehead atoms. The molecule has 32 heavy (non-hydrogen) atoms. The summed E-state index contributed by atoms with van der Waals surface area (Å²) >= 11 is 0. The first-order valence-electron chi connectivity index (χ1n) is 10.1. The summed E-state index contributed by atoms with van der Waals surface area (Å²) in [6.45, 7) is 0.333. The first kappa shape index (κ1) is 24.4. The Morgan fingerprint density at radius 1 is 0.844 bits per heavy atom. The van der Waals surface area contributed by atoms with Crippen LogP contribution in [0.25, 0.3) is 0 Å². The van der Waals surface area contributed by atoms with Crippen LogP contribution >= 0.6 is 0 Å². The van der Waals surface area contributed by atoms with Crippen LogP contribution in [0.3, 0.4) is 0 Å². The van der Waals surface area contributed by atoms with Crippen molar-refractivity contribution in [1.29, 1.82) is 0 Å². The van der Waals surface area contributed by atoms with Crippen LogP contribution in [-0.4, -0.2) is 44.1 Å². The largest absolute Gasteiger partial charge is 0.468 e. The molecule has 0 aliphatic heterocycles. The summed E-state index contributed by atoms with van der Waals surface area (Å²) in [5.74, 6) is -1.01. The van der Waals surface area contributed by atoms with Crippen LogP contribution in [0.1, 0.15) is 24.0 Å². The first-order valence-corrected chi connectivity index (χ1v) is 10.1. The summed E-state index contributed by atoms with van der Waals surface area (Å²) in [7, 11) is 1.25. The van der Waals surface area contributed by atoms with E-state index in [9.17, 15) is 19.2 Å². The van der Waals surface area contributed by atoms with Gasteiger partial charge in [0.05, 0.1) is 13.5 Å². The Balaban J connectivity index is 1.60. The van der Waals surface area contributed by atoms with Crippen molar-refractivity contribution >= 4 is 29.6 Å². The highest BCUT2D eigenvalue weighted by Gasteiger charge is 2.08. The van der Waals surface area contributed by atoms with Gasteiger partial charge in [0.2, 0.25) is 11.8 Å². The van der Waals surface area contributed by atoms with Crippen LogP contribution in [0.5, 0.6) is 0 Å². The molecule has 9 heteroatoms. The average Bonchev–Trinajstić information content (AvgIpc) is 2.81. The van der Waals surface area contributed by atoms with E-state index in [0.717, 1.165) is 11.1 Å². The molecule has 2 aromatic carbocycles. The predicted molar refractivity (Wildman–Crippen MR) is 118 cm³/mol. The number of hydrogen-bond acceptors (Lipinski definition) is 6. The standard InChI is InChI=1S/C23H27N3O6/c1-31-22(29)15-25-21(28)14-17-9-11-19(12-10-17)26-20(27)8-5-13-24-23(30)32-16-18-6-3-2-4-7-18/h2-4,6-7,9-12H,5,8,13-16H2,1H3,(H,24,30)(H,25,28)(H,26,27). The fourth-order valence-electron chi connectivity index (χ4n) is 2.63. The molecule has 0 spiro atoms. The van der Waals surface area contributed by atoms with Gasteiger partial charge in [-0.25, -0.2) is 4.79 Å². The van der Waals surface area contributed by atoms with Crippen molar-refractivity contribution in [1.82, 2.24) is 10.6 Å². The zero-order valence-electron chi connectivity index (χ0n) is 17.9. The van der Waals surface area contributed by atoms with E-state index in [1.165, 1.54) is 7.11 Å². The molecule has 0 saturated carbocycles. The number of benzene rings is 2. The van der Waals surface area contributed by atoms with E-state index in [1.807, 2.05) is 30.3 Å². The van der Waals surface area contributed by atoms with Gasteiger partial charge in [0.25, 0.3) is 0 Å². The zero-order valence-corrected chi connectivity index (χ0v) is 17.9. The summed E-state index contributed by atoms with van der Waals surface area (Å²) in [4.78, 5) is 46.5. The number of carbonyl (C=O) groups excluding carboxylic acids is 4. The second-order valence-electron chi connectivity index (χ2n) is 6.87. The highest BCUT2D eigenvalue weighted by Crippen LogP contribution is 2.11. The lowest BCUT2D eigenvalue weighted by Crippen LogP contribution is -2.31. The number of methoxy groups -OCH3 is 1. The molecule has 0 aromatic heterocycles. The van der Waals surface area contributed by atoms with Crippen LogP contribution in [0.2, 0.25) is 0 Å². The number of nitrogens with one attached hydrogen (secondary N) is 3. The Bertz CT molecular complexity index is 900. The number of alkyl carbamates (subject to hydrolysis) is 1. The lowest BCUT2D eigenvalue weighted by atomic mass is 10.1. The second kappa shape index (κ2) is 13.4. The van der Waals surface area contributed by atoms with Gasteiger partial charge in [0.1, 0.15) is 13.2 Å². The molecule has 0 radical (unpaired) electrons. The van der Waals surface area contributed by atoms with Crippen molar-refractivity contribution in [3.05, 3.63) is 65.7 Å². The number of hydrogen-bond donors (Lipinski definition) is 3. The van der Waals surface area contributed by atoms with Gasteiger partial charge in [-0.1, -0.05) is 42.5 Å². The molecule has 3 N–H and O–H groups in total. The zero-order chi connectivity index (χ0) is 23.2. The van der Waals surface area contributed by atoms with Crippen molar-refractivity contribution in [3.8, 4) is 0 Å². The minimum Gasteiger partial charge on any atom is -0.468 e. The molecule has 0 aliphatic rings. The number of ether oxygens (including phenoxy) is 2. The Labute approximate surface area is 186 Å². The second-order valence-corrected chi connectivity index (χ2v) is 6.87. The lowest BCUT2D eigenvalue weighted by molar-refractivity contribution is -0.141. The van der Waals surface area contributed by atoms with Crippen LogP contribution in [0.15, 0.2) is 54.6 Å². The monoisotopic (exact) mass is 441 g/mol. The Hall–Kier alpha value is -3.88. The third-order valence-corrected chi connectivity index (χ3v) is 4.32. The molecule has 170 valence electrons. The van der Waals surface area contributed by atoms with Crippen molar-refractivity contribution in [3.63, 3.8) is 0 Å². The van der Waals surface area contributed by atoms with E-state index >= 15 is 0 Å². The van der Waals surface area contributed by atoms with Gasteiger partial charge < -0.3 is 25.4 Å². The Morgan fingerprint density at radius 3 is 2.25 bits per heavy atom. The predicted octanol–water partition coefficient (Wildman–Crippen LogP) is 2.16. The average molecular weight is 441 g/mol. The molecule has 2 rings (SSSR count). The maximum Gasteiger partial charge on any atom is 0.407 e. The molecule has 0 fully saturated rings. The van der Waals surface area contributed by atoms with Gasteiger partial charge in [-0.2, -0.15) is 0 Å². The normalized spacial score (nSPS) is 10.0. The Kier molecular flexibility index (Phi) is 10.2. The minimum atomic E-state index is -0.527. The van der Waals surface area contributed by atoms with Gasteiger partial charge in [-0.3, -0.25) is 14.4 Å². The summed E-state index contributed by atoms with van der Waals surface area (Å²) in [6, 6.07) is 16.2. The van der Waals surface area contributed by atoms with Gasteiger partial charge >= 0.3 is 12.1 Å². The highest BCUT2D eigenvalue weighted by atomic mass is 16.5. The first-order chi connectivity index (χ1) is 15.5. The summed E-state index contributed by atoms with van der Waals surface area (Å²) in [5, 5.41) is 7.83. The van der Waals surface area contributed by atoms with Crippen LogP contribution in [0, 0.1) is 0 Å². The van der Waals surface area contributed by atoms with Crippen molar-refractivity contribution < 1.29 is 28.7 Å². The lowest BCUT2D eigenvalue weighted by Gasteiger charge is -2.08. The molecule has 0 saturated heterocycles. The SMILES string of the molecule is COC(=O)CNC(=O)Cc1ccc(NC(=O)CCCNC(=O)OCc2ccccc2)cc1. The summed E-state index contributed by atoms with van der Waals surface area (Å²) in [6.07, 6.45) is 0.277. The molecule has 0 heterocycles. The van der Waals surface area contributed by atoms with Crippen molar-refractivity contribution in [2.75, 3.05) is 25.5 Å². The minimum absolute atomic E-state index is 0.108. The maximum atomic E-state index is 12.0. The van der Waals surface area contributed by atoms with Gasteiger partial charge in [0.15, 0.2) is 0 Å². The molecular formula is C23H27N3O6. The fourth-order valence-corrected chi connectivity index (χ4v) is 2.63. The third kappa shape index (κ3) is 9.75. The Morgan fingerprint density at radius 2 is 1.56 bits per heavy atom. The molecule has 0 unspecified atom stereocenters. The van der Waals surface area contributed by atoms with Crippen LogP contribution in [-0.2, 0) is 36.9 Å². The van der Waals surface area contributed by atoms with Gasteiger partial charge in [-0.15, -0.1) is 0 Å². The highest BCUT2D eigenvalue weighted by molar-refractivity contribution is 5.90. The van der Waals surface area contributed by atoms with Gasteiger partial charge in [-0.05, 0) is 29.7 Å². The number of esters is 1. The summed E-state index contributed by atoms with van der Waals surface area (Å²) in [5.41, 5.74) is 2.24. The maximum absolute atomic E-state index is 12.0. The number of anilines is 1. The molecular weight excluding hydrogens is 414 g/mol. The van der Waals surface area contributed by atoms with E-state index in [0.29, 0.717) is 18.7 Å². The summed E-state index contributed by atoms with van der Waals surface area (Å²) < 4.78 is 9.56. The molecule has 0 aliphatic carbocycles. The van der Waals surface area contributed by atoms with Gasteiger partial charge in [0, 0.05) is 18.7 Å². The molecule has 9 nitrogen and oxygen atoms in total. The topological polar surface area (TPSA) is 123 Å². The van der Waals surface area contributed by atoms with E-state index < -0.39 is 12.1 Å². The van der Waals surface area contributed by atoms with E-state index in [1.54, 1.807) is 24.3 Å². The molecule has 0 atom stereocenters. The number of amides is 3. The third-order valence-electron chi connectivity index (χ3n) is 4.32. The quantitative estimate of drug-likeness (QED) is 0.363. The van der Waals surface area contributed by atoms with Crippen LogP contribution < -0.4 is 16.0 Å². The van der Waals surface area contributed by atoms with Crippen molar-refractivity contribution in [2.45, 2.75) is 25.9 Å². The molecule has 3 amide bonds. The number of rotatable bonds is 11. The van der Waals surface area contributed by atoms with E-state index in [2.05, 4.69) is 20.7 Å². The van der Waals surface area contributed by atoms with E-state index in [4.69, 9.17) is 4.74 Å². The van der Waals surface area contributed by atoms with Crippen molar-refractivity contribution in [2.24, 2.45) is 0 Å². The molecule has 2 aromatic rings. The smallest absolute Gasteiger partial charge is 0.407 e. The number of carbonyl (C=O) groups is 4. The van der Waals surface area contributed by atoms with Crippen LogP contribution in [0.4, 0.5) is 10.5 Å². The van der Waals surface area contributed by atoms with E-state index in [-0.39, 0.29) is 37.8 Å².